The molecule has 0 aliphatic rings. The fourth-order valence-corrected chi connectivity index (χ4v) is 1.51. The minimum atomic E-state index is 0.624. The number of rotatable bonds is 8. The minimum absolute atomic E-state index is 0.624. The fraction of sp³-hybridized carbons (Fsp3) is 0.727. The Hall–Kier alpha value is -1.21. The van der Waals surface area contributed by atoms with E-state index in [1.165, 1.54) is 0 Å². The molecule has 1 aromatic heterocycles. The number of thiocarbonyl (C=S) groups is 1. The molecule has 2 N–H and O–H groups in total. The summed E-state index contributed by atoms with van der Waals surface area (Å²) in [6.45, 7) is 6.79. The molecule has 7 heteroatoms. The SMILES string of the molecule is CCOCCCNC(=S)NCCc1nc(C)no1. The molecular formula is C11H20N4O2S. The Kier molecular flexibility index (Phi) is 7.28. The van der Waals surface area contributed by atoms with Crippen LogP contribution in [0.2, 0.25) is 0 Å². The zero-order chi connectivity index (χ0) is 13.2. The predicted octanol–water partition coefficient (Wildman–Crippen LogP) is 0.811. The van der Waals surface area contributed by atoms with Crippen LogP contribution in [0.5, 0.6) is 0 Å². The highest BCUT2D eigenvalue weighted by Gasteiger charge is 2.02. The van der Waals surface area contributed by atoms with E-state index in [0.717, 1.165) is 26.2 Å². The molecule has 0 saturated carbocycles. The van der Waals surface area contributed by atoms with Crippen LogP contribution in [0.25, 0.3) is 0 Å². The molecule has 0 aliphatic carbocycles. The summed E-state index contributed by atoms with van der Waals surface area (Å²) in [5.41, 5.74) is 0. The quantitative estimate of drug-likeness (QED) is 0.536. The maximum atomic E-state index is 5.23. The summed E-state index contributed by atoms with van der Waals surface area (Å²) in [5.74, 6) is 1.28. The molecule has 0 amide bonds. The van der Waals surface area contributed by atoms with Gasteiger partial charge in [0.1, 0.15) is 0 Å². The lowest BCUT2D eigenvalue weighted by atomic mass is 10.4. The molecule has 1 aromatic rings. The van der Waals surface area contributed by atoms with E-state index in [1.807, 2.05) is 6.92 Å². The van der Waals surface area contributed by atoms with Gasteiger partial charge in [-0.25, -0.2) is 0 Å². The van der Waals surface area contributed by atoms with E-state index in [1.54, 1.807) is 6.92 Å². The van der Waals surface area contributed by atoms with Gasteiger partial charge in [0.2, 0.25) is 5.89 Å². The molecule has 6 nitrogen and oxygen atoms in total. The highest BCUT2D eigenvalue weighted by molar-refractivity contribution is 7.80. The van der Waals surface area contributed by atoms with Gasteiger partial charge in [-0.3, -0.25) is 0 Å². The normalized spacial score (nSPS) is 10.3. The third kappa shape index (κ3) is 6.51. The van der Waals surface area contributed by atoms with Crippen LogP contribution in [-0.4, -0.2) is 41.6 Å². The molecular weight excluding hydrogens is 252 g/mol. The molecule has 0 aliphatic heterocycles. The van der Waals surface area contributed by atoms with Crippen LogP contribution in [0.3, 0.4) is 0 Å². The summed E-state index contributed by atoms with van der Waals surface area (Å²) in [4.78, 5) is 4.11. The zero-order valence-electron chi connectivity index (χ0n) is 10.9. The molecule has 1 heterocycles. The molecule has 0 saturated heterocycles. The molecule has 0 aromatic carbocycles. The van der Waals surface area contributed by atoms with Gasteiger partial charge in [-0.2, -0.15) is 4.98 Å². The Labute approximate surface area is 112 Å². The van der Waals surface area contributed by atoms with Gasteiger partial charge in [0.25, 0.3) is 0 Å². The van der Waals surface area contributed by atoms with Gasteiger partial charge in [-0.15, -0.1) is 0 Å². The highest BCUT2D eigenvalue weighted by Crippen LogP contribution is 1.95. The van der Waals surface area contributed by atoms with Crippen LogP contribution in [0.1, 0.15) is 25.1 Å². The maximum Gasteiger partial charge on any atom is 0.228 e. The van der Waals surface area contributed by atoms with Crippen molar-refractivity contribution < 1.29 is 9.26 Å². The molecule has 1 rings (SSSR count). The lowest BCUT2D eigenvalue weighted by Crippen LogP contribution is -2.37. The van der Waals surface area contributed by atoms with Crippen LogP contribution < -0.4 is 10.6 Å². The fourth-order valence-electron chi connectivity index (χ4n) is 1.31. The van der Waals surface area contributed by atoms with E-state index >= 15 is 0 Å². The summed E-state index contributed by atoms with van der Waals surface area (Å²) in [6.07, 6.45) is 1.61. The summed E-state index contributed by atoms with van der Waals surface area (Å²) in [6, 6.07) is 0. The average molecular weight is 272 g/mol. The second-order valence-electron chi connectivity index (χ2n) is 3.72. The van der Waals surface area contributed by atoms with Crippen LogP contribution in [0.15, 0.2) is 4.52 Å². The molecule has 102 valence electrons. The van der Waals surface area contributed by atoms with E-state index in [9.17, 15) is 0 Å². The van der Waals surface area contributed by atoms with Gasteiger partial charge in [-0.05, 0) is 32.5 Å². The van der Waals surface area contributed by atoms with Crippen LogP contribution in [0.4, 0.5) is 0 Å². The number of ether oxygens (including phenoxy) is 1. The monoisotopic (exact) mass is 272 g/mol. The van der Waals surface area contributed by atoms with E-state index < -0.39 is 0 Å². The summed E-state index contributed by atoms with van der Waals surface area (Å²) < 4.78 is 10.2. The Bertz CT molecular complexity index is 357. The maximum absolute atomic E-state index is 5.23. The number of hydrogen-bond acceptors (Lipinski definition) is 5. The first-order valence-electron chi connectivity index (χ1n) is 6.11. The third-order valence-electron chi connectivity index (χ3n) is 2.15. The van der Waals surface area contributed by atoms with Crippen molar-refractivity contribution in [3.05, 3.63) is 11.7 Å². The number of nitrogens with zero attached hydrogens (tertiary/aromatic N) is 2. The van der Waals surface area contributed by atoms with E-state index in [2.05, 4.69) is 20.8 Å². The first kappa shape index (κ1) is 14.8. The van der Waals surface area contributed by atoms with Gasteiger partial charge in [0.15, 0.2) is 10.9 Å². The van der Waals surface area contributed by atoms with Crippen molar-refractivity contribution in [2.75, 3.05) is 26.3 Å². The van der Waals surface area contributed by atoms with Crippen molar-refractivity contribution in [1.29, 1.82) is 0 Å². The number of hydrogen-bond donors (Lipinski definition) is 2. The Balaban J connectivity index is 2.00. The lowest BCUT2D eigenvalue weighted by molar-refractivity contribution is 0.145. The summed E-state index contributed by atoms with van der Waals surface area (Å²) in [5, 5.41) is 10.5. The molecule has 0 fully saturated rings. The van der Waals surface area contributed by atoms with Gasteiger partial charge in [0, 0.05) is 32.7 Å². The minimum Gasteiger partial charge on any atom is -0.382 e. The van der Waals surface area contributed by atoms with Crippen LogP contribution >= 0.6 is 12.2 Å². The van der Waals surface area contributed by atoms with Crippen LogP contribution in [-0.2, 0) is 11.2 Å². The second kappa shape index (κ2) is 8.82. The van der Waals surface area contributed by atoms with Crippen molar-refractivity contribution in [2.24, 2.45) is 0 Å². The summed E-state index contributed by atoms with van der Waals surface area (Å²) >= 11 is 5.12. The number of aromatic nitrogens is 2. The largest absolute Gasteiger partial charge is 0.382 e. The predicted molar refractivity (Wildman–Crippen MR) is 72.5 cm³/mol. The van der Waals surface area contributed by atoms with Gasteiger partial charge < -0.3 is 19.9 Å². The smallest absolute Gasteiger partial charge is 0.228 e. The molecule has 0 unspecified atom stereocenters. The van der Waals surface area contributed by atoms with Gasteiger partial charge >= 0.3 is 0 Å². The van der Waals surface area contributed by atoms with E-state index in [4.69, 9.17) is 21.5 Å². The van der Waals surface area contributed by atoms with Gasteiger partial charge in [-0.1, -0.05) is 5.16 Å². The zero-order valence-corrected chi connectivity index (χ0v) is 11.7. The van der Waals surface area contributed by atoms with Crippen molar-refractivity contribution >= 4 is 17.3 Å². The van der Waals surface area contributed by atoms with Crippen molar-refractivity contribution in [2.45, 2.75) is 26.7 Å². The first-order chi connectivity index (χ1) is 8.72. The van der Waals surface area contributed by atoms with E-state index in [0.29, 0.717) is 29.8 Å². The molecule has 0 bridgehead atoms. The topological polar surface area (TPSA) is 72.2 Å². The number of nitrogens with one attached hydrogen (secondary N) is 2. The van der Waals surface area contributed by atoms with Crippen molar-refractivity contribution in [3.63, 3.8) is 0 Å². The molecule has 0 atom stereocenters. The van der Waals surface area contributed by atoms with Crippen molar-refractivity contribution in [1.82, 2.24) is 20.8 Å². The highest BCUT2D eigenvalue weighted by atomic mass is 32.1. The van der Waals surface area contributed by atoms with Crippen LogP contribution in [0, 0.1) is 6.92 Å². The molecule has 0 spiro atoms. The summed E-state index contributed by atoms with van der Waals surface area (Å²) in [7, 11) is 0. The Morgan fingerprint density at radius 1 is 1.39 bits per heavy atom. The van der Waals surface area contributed by atoms with Gasteiger partial charge in [0.05, 0.1) is 0 Å². The Morgan fingerprint density at radius 3 is 2.83 bits per heavy atom. The molecule has 0 radical (unpaired) electrons. The molecule has 18 heavy (non-hydrogen) atoms. The number of aryl methyl sites for hydroxylation is 1. The second-order valence-corrected chi connectivity index (χ2v) is 4.13. The average Bonchev–Trinajstić information content (AvgIpc) is 2.75. The van der Waals surface area contributed by atoms with E-state index in [-0.39, 0.29) is 0 Å². The lowest BCUT2D eigenvalue weighted by Gasteiger charge is -2.09. The van der Waals surface area contributed by atoms with Crippen molar-refractivity contribution in [3.8, 4) is 0 Å². The third-order valence-corrected chi connectivity index (χ3v) is 2.44. The first-order valence-corrected chi connectivity index (χ1v) is 6.52. The standard InChI is InChI=1S/C11H20N4O2S/c1-3-16-8-4-6-12-11(18)13-7-5-10-14-9(2)15-17-10/h3-8H2,1-2H3,(H2,12,13,18). The Morgan fingerprint density at radius 2 is 2.17 bits per heavy atom.